The molecule has 0 aliphatic rings. The van der Waals surface area contributed by atoms with Crippen LogP contribution in [-0.2, 0) is 4.79 Å². The fraction of sp³-hybridized carbons (Fsp3) is 0.214. The van der Waals surface area contributed by atoms with Crippen molar-refractivity contribution < 1.29 is 4.79 Å². The normalized spacial score (nSPS) is 12.6. The quantitative estimate of drug-likeness (QED) is 0.729. The Hall–Kier alpha value is -1.34. The second-order valence-electron chi connectivity index (χ2n) is 3.75. The Balaban J connectivity index is 2.56. The Bertz CT molecular complexity index is 514. The Labute approximate surface area is 100 Å². The number of carbonyl (C=O) groups is 1. The van der Waals surface area contributed by atoms with Crippen molar-refractivity contribution in [2.24, 2.45) is 0 Å². The summed E-state index contributed by atoms with van der Waals surface area (Å²) in [4.78, 5) is 11.6. The lowest BCUT2D eigenvalue weighted by Crippen LogP contribution is -2.05. The number of hydrogen-bond acceptors (Lipinski definition) is 1. The van der Waals surface area contributed by atoms with E-state index >= 15 is 0 Å². The molecule has 0 aliphatic carbocycles. The molecule has 0 saturated carbocycles. The summed E-state index contributed by atoms with van der Waals surface area (Å²) in [6.45, 7) is 1.84. The molecular formula is C14H13ClO. The first-order chi connectivity index (χ1) is 7.74. The van der Waals surface area contributed by atoms with Crippen LogP contribution in [0.25, 0.3) is 10.8 Å². The van der Waals surface area contributed by atoms with Crippen LogP contribution < -0.4 is 0 Å². The molecule has 2 heteroatoms. The van der Waals surface area contributed by atoms with Crippen molar-refractivity contribution in [2.75, 3.05) is 0 Å². The first-order valence-electron chi connectivity index (χ1n) is 5.38. The molecule has 0 heterocycles. The minimum Gasteiger partial charge on any atom is -0.298 e. The molecule has 16 heavy (non-hydrogen) atoms. The molecule has 0 bridgehead atoms. The summed E-state index contributed by atoms with van der Waals surface area (Å²) in [7, 11) is 0. The van der Waals surface area contributed by atoms with Gasteiger partial charge in [-0.25, -0.2) is 0 Å². The van der Waals surface area contributed by atoms with Gasteiger partial charge in [-0.1, -0.05) is 49.4 Å². The van der Waals surface area contributed by atoms with E-state index in [1.54, 1.807) is 0 Å². The number of rotatable bonds is 3. The van der Waals surface area contributed by atoms with Gasteiger partial charge in [-0.15, -0.1) is 11.6 Å². The van der Waals surface area contributed by atoms with Crippen LogP contribution in [0, 0.1) is 0 Å². The van der Waals surface area contributed by atoms with E-state index in [1.165, 1.54) is 0 Å². The van der Waals surface area contributed by atoms with Crippen molar-refractivity contribution in [3.05, 3.63) is 48.0 Å². The molecule has 1 atom stereocenters. The van der Waals surface area contributed by atoms with Crippen molar-refractivity contribution in [2.45, 2.75) is 18.7 Å². The summed E-state index contributed by atoms with van der Waals surface area (Å²) < 4.78 is 0. The molecular weight excluding hydrogens is 220 g/mol. The second kappa shape index (κ2) is 4.67. The van der Waals surface area contributed by atoms with E-state index in [9.17, 15) is 4.79 Å². The summed E-state index contributed by atoms with van der Waals surface area (Å²) >= 11 is 6.19. The summed E-state index contributed by atoms with van der Waals surface area (Å²) in [5, 5.41) is 1.65. The predicted octanol–water partition coefficient (Wildman–Crippen LogP) is 4.10. The fourth-order valence-electron chi connectivity index (χ4n) is 1.82. The van der Waals surface area contributed by atoms with E-state index in [0.29, 0.717) is 6.42 Å². The van der Waals surface area contributed by atoms with Gasteiger partial charge in [0.2, 0.25) is 0 Å². The van der Waals surface area contributed by atoms with Gasteiger partial charge in [0.15, 0.2) is 5.78 Å². The van der Waals surface area contributed by atoms with Crippen LogP contribution in [0.5, 0.6) is 0 Å². The molecule has 0 spiro atoms. The van der Waals surface area contributed by atoms with Gasteiger partial charge in [0.1, 0.15) is 5.38 Å². The minimum absolute atomic E-state index is 0.0676. The molecule has 0 N–H and O–H groups in total. The number of benzene rings is 2. The summed E-state index contributed by atoms with van der Waals surface area (Å²) in [5.74, 6) is 0.0676. The highest BCUT2D eigenvalue weighted by atomic mass is 35.5. The van der Waals surface area contributed by atoms with Gasteiger partial charge in [-0.2, -0.15) is 0 Å². The largest absolute Gasteiger partial charge is 0.298 e. The summed E-state index contributed by atoms with van der Waals surface area (Å²) in [5.41, 5.74) is 0.909. The van der Waals surface area contributed by atoms with Gasteiger partial charge < -0.3 is 0 Å². The zero-order valence-electron chi connectivity index (χ0n) is 9.11. The number of ketones is 1. The molecule has 0 aromatic heterocycles. The van der Waals surface area contributed by atoms with E-state index in [4.69, 9.17) is 11.6 Å². The standard InChI is InChI=1S/C14H13ClO/c1-2-13(16)14(15)12-9-5-7-10-6-3-4-8-11(10)12/h3-9,14H,2H2,1H3. The van der Waals surface area contributed by atoms with E-state index in [2.05, 4.69) is 0 Å². The maximum absolute atomic E-state index is 11.6. The van der Waals surface area contributed by atoms with E-state index in [0.717, 1.165) is 16.3 Å². The van der Waals surface area contributed by atoms with Gasteiger partial charge in [0.25, 0.3) is 0 Å². The van der Waals surface area contributed by atoms with Gasteiger partial charge >= 0.3 is 0 Å². The molecule has 0 amide bonds. The van der Waals surface area contributed by atoms with E-state index in [-0.39, 0.29) is 5.78 Å². The third-order valence-corrected chi connectivity index (χ3v) is 3.21. The predicted molar refractivity (Wildman–Crippen MR) is 67.8 cm³/mol. The highest BCUT2D eigenvalue weighted by Gasteiger charge is 2.17. The van der Waals surface area contributed by atoms with Crippen molar-refractivity contribution in [1.29, 1.82) is 0 Å². The number of halogens is 1. The molecule has 0 fully saturated rings. The van der Waals surface area contributed by atoms with Crippen LogP contribution in [0.2, 0.25) is 0 Å². The maximum atomic E-state index is 11.6. The SMILES string of the molecule is CCC(=O)C(Cl)c1cccc2ccccc12. The van der Waals surface area contributed by atoms with Crippen LogP contribution >= 0.6 is 11.6 Å². The Morgan fingerprint density at radius 3 is 2.62 bits per heavy atom. The molecule has 0 saturated heterocycles. The summed E-state index contributed by atoms with van der Waals surface area (Å²) in [6, 6.07) is 13.9. The average Bonchev–Trinajstić information content (AvgIpc) is 2.36. The zero-order chi connectivity index (χ0) is 11.5. The summed E-state index contributed by atoms with van der Waals surface area (Å²) in [6.07, 6.45) is 0.470. The Morgan fingerprint density at radius 2 is 1.88 bits per heavy atom. The van der Waals surface area contributed by atoms with E-state index < -0.39 is 5.38 Å². The smallest absolute Gasteiger partial charge is 0.154 e. The zero-order valence-corrected chi connectivity index (χ0v) is 9.87. The van der Waals surface area contributed by atoms with Crippen molar-refractivity contribution >= 4 is 28.2 Å². The molecule has 1 unspecified atom stereocenters. The second-order valence-corrected chi connectivity index (χ2v) is 4.19. The number of fused-ring (bicyclic) bond motifs is 1. The molecule has 2 aromatic rings. The number of carbonyl (C=O) groups excluding carboxylic acids is 1. The van der Waals surface area contributed by atoms with Crippen molar-refractivity contribution in [3.8, 4) is 0 Å². The van der Waals surface area contributed by atoms with E-state index in [1.807, 2.05) is 49.4 Å². The molecule has 2 rings (SSSR count). The first kappa shape index (κ1) is 11.2. The lowest BCUT2D eigenvalue weighted by atomic mass is 9.99. The average molecular weight is 233 g/mol. The van der Waals surface area contributed by atoms with Crippen molar-refractivity contribution in [3.63, 3.8) is 0 Å². The third-order valence-electron chi connectivity index (χ3n) is 2.73. The lowest BCUT2D eigenvalue weighted by Gasteiger charge is -2.10. The number of hydrogen-bond donors (Lipinski definition) is 0. The minimum atomic E-state index is -0.531. The molecule has 1 nitrogen and oxygen atoms in total. The maximum Gasteiger partial charge on any atom is 0.154 e. The number of Topliss-reactive ketones (excluding diaryl/α,β-unsaturated/α-hetero) is 1. The Morgan fingerprint density at radius 1 is 1.19 bits per heavy atom. The van der Waals surface area contributed by atoms with Crippen LogP contribution in [0.1, 0.15) is 24.3 Å². The van der Waals surface area contributed by atoms with Crippen molar-refractivity contribution in [1.82, 2.24) is 0 Å². The molecule has 0 aliphatic heterocycles. The monoisotopic (exact) mass is 232 g/mol. The first-order valence-corrected chi connectivity index (χ1v) is 5.82. The fourth-order valence-corrected chi connectivity index (χ4v) is 2.17. The van der Waals surface area contributed by atoms with Crippen LogP contribution in [-0.4, -0.2) is 5.78 Å². The molecule has 2 aromatic carbocycles. The highest BCUT2D eigenvalue weighted by molar-refractivity contribution is 6.32. The third kappa shape index (κ3) is 1.96. The van der Waals surface area contributed by atoms with Crippen LogP contribution in [0.15, 0.2) is 42.5 Å². The van der Waals surface area contributed by atoms with Crippen LogP contribution in [0.4, 0.5) is 0 Å². The number of alkyl halides is 1. The molecule has 0 radical (unpaired) electrons. The van der Waals surface area contributed by atoms with Crippen LogP contribution in [0.3, 0.4) is 0 Å². The lowest BCUT2D eigenvalue weighted by molar-refractivity contribution is -0.118. The van der Waals surface area contributed by atoms with Gasteiger partial charge in [-0.05, 0) is 16.3 Å². The topological polar surface area (TPSA) is 17.1 Å². The van der Waals surface area contributed by atoms with Gasteiger partial charge in [-0.3, -0.25) is 4.79 Å². The highest BCUT2D eigenvalue weighted by Crippen LogP contribution is 2.29. The molecule has 82 valence electrons. The Kier molecular flexibility index (Phi) is 3.25. The van der Waals surface area contributed by atoms with Gasteiger partial charge in [0, 0.05) is 6.42 Å². The van der Waals surface area contributed by atoms with Gasteiger partial charge in [0.05, 0.1) is 0 Å².